The number of aryl methyl sites for hydroxylation is 1. The first-order valence-corrected chi connectivity index (χ1v) is 10.7. The smallest absolute Gasteiger partial charge is 0.368 e. The molecule has 0 bridgehead atoms. The van der Waals surface area contributed by atoms with E-state index in [2.05, 4.69) is 0 Å². The molecule has 4 atom stereocenters. The van der Waals surface area contributed by atoms with E-state index in [1.54, 1.807) is 18.7 Å². The summed E-state index contributed by atoms with van der Waals surface area (Å²) in [7, 11) is 1.35. The average Bonchev–Trinajstić information content (AvgIpc) is 3.14. The molecule has 1 aromatic rings. The molecule has 2 N–H and O–H groups in total. The molecule has 27 heavy (non-hydrogen) atoms. The van der Waals surface area contributed by atoms with E-state index in [-0.39, 0.29) is 17.9 Å². The number of carbonyl (C=O) groups excluding carboxylic acids is 3. The van der Waals surface area contributed by atoms with Crippen LogP contribution in [0.3, 0.4) is 0 Å². The molecule has 6 nitrogen and oxygen atoms in total. The lowest BCUT2D eigenvalue weighted by atomic mass is 9.77. The Labute approximate surface area is 164 Å². The lowest BCUT2D eigenvalue weighted by molar-refractivity contribution is -0.734. The van der Waals surface area contributed by atoms with Crippen molar-refractivity contribution in [2.24, 2.45) is 11.8 Å². The van der Waals surface area contributed by atoms with Gasteiger partial charge in [-0.05, 0) is 31.4 Å². The van der Waals surface area contributed by atoms with Gasteiger partial charge in [-0.25, -0.2) is 4.79 Å². The zero-order valence-corrected chi connectivity index (χ0v) is 17.0. The molecule has 2 heterocycles. The van der Waals surface area contributed by atoms with Gasteiger partial charge in [-0.1, -0.05) is 24.3 Å². The summed E-state index contributed by atoms with van der Waals surface area (Å²) >= 11 is 1.62. The molecule has 0 unspecified atom stereocenters. The van der Waals surface area contributed by atoms with E-state index in [0.717, 1.165) is 11.1 Å². The van der Waals surface area contributed by atoms with Crippen LogP contribution in [-0.2, 0) is 19.1 Å². The third kappa shape index (κ3) is 2.97. The van der Waals surface area contributed by atoms with Crippen LogP contribution in [0.1, 0.15) is 30.5 Å². The van der Waals surface area contributed by atoms with E-state index in [4.69, 9.17) is 4.74 Å². The van der Waals surface area contributed by atoms with Crippen molar-refractivity contribution in [3.8, 4) is 0 Å². The second kappa shape index (κ2) is 7.64. The average molecular weight is 392 g/mol. The van der Waals surface area contributed by atoms with E-state index in [9.17, 15) is 14.4 Å². The predicted octanol–water partition coefficient (Wildman–Crippen LogP) is 0.899. The van der Waals surface area contributed by atoms with Gasteiger partial charge in [-0.3, -0.25) is 14.5 Å². The number of carbonyl (C=O) groups is 3. The largest absolute Gasteiger partial charge is 0.464 e. The van der Waals surface area contributed by atoms with Crippen LogP contribution in [0.25, 0.3) is 0 Å². The lowest BCUT2D eigenvalue weighted by Crippen LogP contribution is -2.98. The molecule has 1 aromatic carbocycles. The van der Waals surface area contributed by atoms with Gasteiger partial charge in [0.2, 0.25) is 17.4 Å². The van der Waals surface area contributed by atoms with Crippen LogP contribution < -0.4 is 5.32 Å². The first-order chi connectivity index (χ1) is 12.9. The maximum Gasteiger partial charge on any atom is 0.368 e. The fraction of sp³-hybridized carbons (Fsp3) is 0.550. The first kappa shape index (κ1) is 19.9. The Morgan fingerprint density at radius 3 is 2.59 bits per heavy atom. The maximum absolute atomic E-state index is 13.2. The Bertz CT molecular complexity index is 768. The number of amides is 2. The number of nitrogens with zero attached hydrogens (tertiary/aromatic N) is 1. The minimum Gasteiger partial charge on any atom is -0.464 e. The molecule has 3 rings (SSSR count). The first-order valence-electron chi connectivity index (χ1n) is 9.27. The number of methoxy groups -OCH3 is 1. The Hall–Kier alpha value is -1.86. The van der Waals surface area contributed by atoms with Crippen molar-refractivity contribution in [2.75, 3.05) is 25.7 Å². The molecule has 2 aliphatic heterocycles. The highest BCUT2D eigenvalue weighted by atomic mass is 32.2. The number of quaternary nitrogens is 1. The van der Waals surface area contributed by atoms with Crippen molar-refractivity contribution >= 4 is 29.5 Å². The number of thioether (sulfide) groups is 1. The van der Waals surface area contributed by atoms with E-state index < -0.39 is 23.3 Å². The molecule has 2 amide bonds. The van der Waals surface area contributed by atoms with Gasteiger partial charge in [-0.15, -0.1) is 0 Å². The van der Waals surface area contributed by atoms with E-state index in [1.807, 2.05) is 42.8 Å². The number of ether oxygens (including phenoxy) is 1. The summed E-state index contributed by atoms with van der Waals surface area (Å²) < 4.78 is 5.15. The third-order valence-electron chi connectivity index (χ3n) is 6.01. The van der Waals surface area contributed by atoms with Gasteiger partial charge in [0.25, 0.3) is 0 Å². The zero-order valence-electron chi connectivity index (χ0n) is 16.2. The Morgan fingerprint density at radius 2 is 2.00 bits per heavy atom. The van der Waals surface area contributed by atoms with Crippen molar-refractivity contribution in [2.45, 2.75) is 31.8 Å². The molecule has 0 aliphatic carbocycles. The minimum atomic E-state index is -1.06. The molecule has 2 fully saturated rings. The van der Waals surface area contributed by atoms with Crippen LogP contribution in [0.4, 0.5) is 0 Å². The van der Waals surface area contributed by atoms with E-state index in [0.29, 0.717) is 18.7 Å². The normalized spacial score (nSPS) is 29.9. The standard InChI is InChI=1S/C20H26N2O4S/c1-5-22-17(23)14-15(18(22)24)20(10-11-27-4,19(25)26-3)21-16(14)13-9-7-6-8-12(13)2/h6-9,14-16,21H,5,10-11H2,1-4H3/p+1/t14-,15-,16+,20+/m0/s1. The maximum atomic E-state index is 13.2. The Balaban J connectivity index is 2.16. The number of likely N-dealkylation sites (tertiary alicyclic amines) is 1. The topological polar surface area (TPSA) is 80.3 Å². The summed E-state index contributed by atoms with van der Waals surface area (Å²) in [5.74, 6) is -1.35. The number of nitrogens with two attached hydrogens (primary N) is 1. The summed E-state index contributed by atoms with van der Waals surface area (Å²) in [5, 5.41) is 1.94. The number of rotatable bonds is 6. The van der Waals surface area contributed by atoms with Crippen molar-refractivity contribution < 1.29 is 24.4 Å². The Kier molecular flexibility index (Phi) is 5.63. The van der Waals surface area contributed by atoms with Crippen LogP contribution in [0.2, 0.25) is 0 Å². The number of fused-ring (bicyclic) bond motifs is 1. The molecular formula is C20H27N2O4S+. The monoisotopic (exact) mass is 391 g/mol. The van der Waals surface area contributed by atoms with Gasteiger partial charge in [0, 0.05) is 18.5 Å². The summed E-state index contributed by atoms with van der Waals surface area (Å²) in [6.07, 6.45) is 2.46. The number of imide groups is 1. The van der Waals surface area contributed by atoms with Crippen LogP contribution in [-0.4, -0.2) is 53.9 Å². The number of esters is 1. The highest BCUT2D eigenvalue weighted by molar-refractivity contribution is 7.98. The van der Waals surface area contributed by atoms with Crippen molar-refractivity contribution in [1.82, 2.24) is 4.90 Å². The predicted molar refractivity (Wildman–Crippen MR) is 103 cm³/mol. The van der Waals surface area contributed by atoms with Gasteiger partial charge in [0.15, 0.2) is 0 Å². The van der Waals surface area contributed by atoms with Crippen LogP contribution in [0.15, 0.2) is 24.3 Å². The molecule has 0 aromatic heterocycles. The summed E-state index contributed by atoms with van der Waals surface area (Å²) in [6, 6.07) is 7.60. The number of hydrogen-bond acceptors (Lipinski definition) is 5. The summed E-state index contributed by atoms with van der Waals surface area (Å²) in [4.78, 5) is 40.5. The highest BCUT2D eigenvalue weighted by Crippen LogP contribution is 2.46. The fourth-order valence-electron chi connectivity index (χ4n) is 4.73. The van der Waals surface area contributed by atoms with Crippen LogP contribution >= 0.6 is 11.8 Å². The van der Waals surface area contributed by atoms with Gasteiger partial charge >= 0.3 is 5.97 Å². The molecular weight excluding hydrogens is 364 g/mol. The van der Waals surface area contributed by atoms with Gasteiger partial charge < -0.3 is 10.1 Å². The van der Waals surface area contributed by atoms with Crippen molar-refractivity contribution in [3.05, 3.63) is 35.4 Å². The van der Waals surface area contributed by atoms with Crippen molar-refractivity contribution in [3.63, 3.8) is 0 Å². The number of hydrogen-bond donors (Lipinski definition) is 1. The molecule has 0 spiro atoms. The van der Waals surface area contributed by atoms with Gasteiger partial charge in [-0.2, -0.15) is 11.8 Å². The molecule has 0 radical (unpaired) electrons. The second-order valence-corrected chi connectivity index (χ2v) is 8.23. The van der Waals surface area contributed by atoms with Gasteiger partial charge in [0.1, 0.15) is 17.9 Å². The highest BCUT2D eigenvalue weighted by Gasteiger charge is 2.72. The summed E-state index contributed by atoms with van der Waals surface area (Å²) in [5.41, 5.74) is 0.992. The quantitative estimate of drug-likeness (QED) is 0.576. The van der Waals surface area contributed by atoms with Gasteiger partial charge in [0.05, 0.1) is 7.11 Å². The Morgan fingerprint density at radius 1 is 1.30 bits per heavy atom. The minimum absolute atomic E-state index is 0.174. The fourth-order valence-corrected chi connectivity index (χ4v) is 5.28. The van der Waals surface area contributed by atoms with Crippen molar-refractivity contribution in [1.29, 1.82) is 0 Å². The SMILES string of the molecule is CCN1C(=O)[C@@H]2[C@@H](c3ccccc3C)[NH2+][C@@](CCSC)(C(=O)OC)[C@@H]2C1=O. The molecule has 7 heteroatoms. The number of benzene rings is 1. The molecule has 146 valence electrons. The summed E-state index contributed by atoms with van der Waals surface area (Å²) in [6.45, 7) is 4.12. The molecule has 2 saturated heterocycles. The zero-order chi connectivity index (χ0) is 19.8. The lowest BCUT2D eigenvalue weighted by Gasteiger charge is -2.29. The molecule has 2 aliphatic rings. The third-order valence-corrected chi connectivity index (χ3v) is 6.62. The van der Waals surface area contributed by atoms with E-state index in [1.165, 1.54) is 12.0 Å². The second-order valence-electron chi connectivity index (χ2n) is 7.25. The van der Waals surface area contributed by atoms with Crippen LogP contribution in [0.5, 0.6) is 0 Å². The molecule has 0 saturated carbocycles. The van der Waals surface area contributed by atoms with Crippen LogP contribution in [0, 0.1) is 18.8 Å². The van der Waals surface area contributed by atoms with E-state index >= 15 is 0 Å².